The van der Waals surface area contributed by atoms with Crippen LogP contribution in [0.1, 0.15) is 11.1 Å². The van der Waals surface area contributed by atoms with Gasteiger partial charge in [-0.05, 0) is 23.6 Å². The van der Waals surface area contributed by atoms with Crippen LogP contribution in [0.2, 0.25) is 0 Å². The van der Waals surface area contributed by atoms with Gasteiger partial charge >= 0.3 is 0 Å². The van der Waals surface area contributed by atoms with Gasteiger partial charge in [0, 0.05) is 24.8 Å². The van der Waals surface area contributed by atoms with Gasteiger partial charge in [0.15, 0.2) is 0 Å². The predicted octanol–water partition coefficient (Wildman–Crippen LogP) is 3.17. The van der Waals surface area contributed by atoms with Crippen molar-refractivity contribution < 1.29 is 4.92 Å². The van der Waals surface area contributed by atoms with Crippen LogP contribution in [-0.4, -0.2) is 11.5 Å². The molecular formula is C15H15N3O2. The Hall–Kier alpha value is -2.56. The first-order valence-corrected chi connectivity index (χ1v) is 6.57. The van der Waals surface area contributed by atoms with E-state index in [2.05, 4.69) is 10.6 Å². The molecule has 0 unspecified atom stereocenters. The normalized spacial score (nSPS) is 12.6. The van der Waals surface area contributed by atoms with Gasteiger partial charge in [0.1, 0.15) is 5.69 Å². The van der Waals surface area contributed by atoms with Crippen LogP contribution >= 0.6 is 0 Å². The van der Waals surface area contributed by atoms with Gasteiger partial charge < -0.3 is 10.6 Å². The van der Waals surface area contributed by atoms with Crippen molar-refractivity contribution in [1.82, 2.24) is 0 Å². The highest BCUT2D eigenvalue weighted by Crippen LogP contribution is 2.34. The molecular weight excluding hydrogens is 254 g/mol. The van der Waals surface area contributed by atoms with E-state index in [9.17, 15) is 10.1 Å². The number of fused-ring (bicyclic) bond motifs is 1. The SMILES string of the molecule is O=[N+]([O-])c1cc2c(cc1NCc1ccccc1)NCC2. The minimum absolute atomic E-state index is 0.142. The highest BCUT2D eigenvalue weighted by atomic mass is 16.6. The topological polar surface area (TPSA) is 67.2 Å². The Morgan fingerprint density at radius 3 is 2.80 bits per heavy atom. The van der Waals surface area contributed by atoms with Crippen molar-refractivity contribution >= 4 is 17.1 Å². The first kappa shape index (κ1) is 12.5. The largest absolute Gasteiger partial charge is 0.384 e. The Morgan fingerprint density at radius 1 is 1.25 bits per heavy atom. The average molecular weight is 269 g/mol. The second-order valence-corrected chi connectivity index (χ2v) is 4.80. The molecule has 0 amide bonds. The fraction of sp³-hybridized carbons (Fsp3) is 0.200. The number of anilines is 2. The molecule has 2 aromatic rings. The summed E-state index contributed by atoms with van der Waals surface area (Å²) in [6, 6.07) is 13.3. The molecule has 0 saturated carbocycles. The third kappa shape index (κ3) is 2.42. The lowest BCUT2D eigenvalue weighted by atomic mass is 10.1. The van der Waals surface area contributed by atoms with Gasteiger partial charge in [0.2, 0.25) is 0 Å². The minimum atomic E-state index is -0.327. The maximum Gasteiger partial charge on any atom is 0.292 e. The molecule has 0 radical (unpaired) electrons. The highest BCUT2D eigenvalue weighted by molar-refractivity contribution is 5.73. The molecule has 2 aromatic carbocycles. The molecule has 1 heterocycles. The molecule has 2 N–H and O–H groups in total. The monoisotopic (exact) mass is 269 g/mol. The lowest BCUT2D eigenvalue weighted by Gasteiger charge is -2.09. The fourth-order valence-corrected chi connectivity index (χ4v) is 2.42. The molecule has 1 aliphatic heterocycles. The van der Waals surface area contributed by atoms with Crippen LogP contribution in [0, 0.1) is 10.1 Å². The Bertz CT molecular complexity index is 641. The standard InChI is InChI=1S/C15H15N3O2/c19-18(20)15-8-12-6-7-16-13(12)9-14(15)17-10-11-4-2-1-3-5-11/h1-5,8-9,16-17H,6-7,10H2. The summed E-state index contributed by atoms with van der Waals surface area (Å²) in [6.07, 6.45) is 0.842. The predicted molar refractivity (Wildman–Crippen MR) is 79.1 cm³/mol. The summed E-state index contributed by atoms with van der Waals surface area (Å²) in [6.45, 7) is 1.41. The third-order valence-corrected chi connectivity index (χ3v) is 3.45. The van der Waals surface area contributed by atoms with E-state index in [0.29, 0.717) is 12.2 Å². The zero-order chi connectivity index (χ0) is 13.9. The highest BCUT2D eigenvalue weighted by Gasteiger charge is 2.20. The summed E-state index contributed by atoms with van der Waals surface area (Å²) in [7, 11) is 0. The van der Waals surface area contributed by atoms with Gasteiger partial charge in [-0.2, -0.15) is 0 Å². The molecule has 0 fully saturated rings. The summed E-state index contributed by atoms with van der Waals surface area (Å²) in [5.74, 6) is 0. The summed E-state index contributed by atoms with van der Waals surface area (Å²) in [5, 5.41) is 17.6. The van der Waals surface area contributed by atoms with Crippen molar-refractivity contribution in [1.29, 1.82) is 0 Å². The molecule has 20 heavy (non-hydrogen) atoms. The van der Waals surface area contributed by atoms with Gasteiger partial charge in [0.25, 0.3) is 5.69 Å². The quantitative estimate of drug-likeness (QED) is 0.661. The van der Waals surface area contributed by atoms with Crippen molar-refractivity contribution in [3.63, 3.8) is 0 Å². The van der Waals surface area contributed by atoms with Crippen LogP contribution in [-0.2, 0) is 13.0 Å². The van der Waals surface area contributed by atoms with Crippen LogP contribution < -0.4 is 10.6 Å². The number of hydrogen-bond donors (Lipinski definition) is 2. The Morgan fingerprint density at radius 2 is 2.05 bits per heavy atom. The maximum absolute atomic E-state index is 11.2. The molecule has 0 aromatic heterocycles. The second-order valence-electron chi connectivity index (χ2n) is 4.80. The molecule has 1 aliphatic rings. The van der Waals surface area contributed by atoms with E-state index in [-0.39, 0.29) is 10.6 Å². The van der Waals surface area contributed by atoms with Crippen molar-refractivity contribution in [3.8, 4) is 0 Å². The van der Waals surface area contributed by atoms with E-state index in [1.54, 1.807) is 6.07 Å². The number of rotatable bonds is 4. The first-order chi connectivity index (χ1) is 9.74. The van der Waals surface area contributed by atoms with Gasteiger partial charge in [-0.15, -0.1) is 0 Å². The fourth-order valence-electron chi connectivity index (χ4n) is 2.42. The molecule has 0 bridgehead atoms. The first-order valence-electron chi connectivity index (χ1n) is 6.57. The summed E-state index contributed by atoms with van der Waals surface area (Å²) < 4.78 is 0. The number of nitrogens with one attached hydrogen (secondary N) is 2. The van der Waals surface area contributed by atoms with Crippen molar-refractivity contribution in [2.45, 2.75) is 13.0 Å². The molecule has 0 atom stereocenters. The van der Waals surface area contributed by atoms with Crippen molar-refractivity contribution in [2.24, 2.45) is 0 Å². The van der Waals surface area contributed by atoms with E-state index < -0.39 is 0 Å². The molecule has 102 valence electrons. The molecule has 5 heteroatoms. The van der Waals surface area contributed by atoms with Gasteiger partial charge in [0.05, 0.1) is 4.92 Å². The van der Waals surface area contributed by atoms with Crippen LogP contribution in [0.25, 0.3) is 0 Å². The zero-order valence-electron chi connectivity index (χ0n) is 10.9. The summed E-state index contributed by atoms with van der Waals surface area (Å²) in [5.41, 5.74) is 3.80. The van der Waals surface area contributed by atoms with Crippen molar-refractivity contribution in [3.05, 3.63) is 63.7 Å². The van der Waals surface area contributed by atoms with E-state index >= 15 is 0 Å². The number of hydrogen-bond acceptors (Lipinski definition) is 4. The second kappa shape index (κ2) is 5.21. The van der Waals surface area contributed by atoms with Gasteiger partial charge in [-0.3, -0.25) is 10.1 Å². The van der Waals surface area contributed by atoms with Crippen LogP contribution in [0.15, 0.2) is 42.5 Å². The molecule has 5 nitrogen and oxygen atoms in total. The lowest BCUT2D eigenvalue weighted by molar-refractivity contribution is -0.384. The van der Waals surface area contributed by atoms with E-state index in [4.69, 9.17) is 0 Å². The molecule has 0 spiro atoms. The molecule has 0 saturated heterocycles. The average Bonchev–Trinajstić information content (AvgIpc) is 2.92. The Kier molecular flexibility index (Phi) is 3.25. The molecule has 0 aliphatic carbocycles. The van der Waals surface area contributed by atoms with Crippen molar-refractivity contribution in [2.75, 3.05) is 17.2 Å². The Balaban J connectivity index is 1.86. The maximum atomic E-state index is 11.2. The Labute approximate surface area is 116 Å². The van der Waals surface area contributed by atoms with E-state index in [0.717, 1.165) is 29.8 Å². The summed E-state index contributed by atoms with van der Waals surface area (Å²) >= 11 is 0. The number of nitro benzene ring substituents is 1. The van der Waals surface area contributed by atoms with Crippen LogP contribution in [0.3, 0.4) is 0 Å². The summed E-state index contributed by atoms with van der Waals surface area (Å²) in [4.78, 5) is 10.9. The van der Waals surface area contributed by atoms with Gasteiger partial charge in [-0.1, -0.05) is 30.3 Å². The lowest BCUT2D eigenvalue weighted by Crippen LogP contribution is -2.03. The van der Waals surface area contributed by atoms with Crippen LogP contribution in [0.4, 0.5) is 17.1 Å². The van der Waals surface area contributed by atoms with Gasteiger partial charge in [-0.25, -0.2) is 0 Å². The van der Waals surface area contributed by atoms with E-state index in [1.165, 1.54) is 0 Å². The number of nitro groups is 1. The zero-order valence-corrected chi connectivity index (χ0v) is 10.9. The van der Waals surface area contributed by atoms with Crippen LogP contribution in [0.5, 0.6) is 0 Å². The smallest absolute Gasteiger partial charge is 0.292 e. The molecule has 3 rings (SSSR count). The number of benzene rings is 2. The van der Waals surface area contributed by atoms with E-state index in [1.807, 2.05) is 36.4 Å². The minimum Gasteiger partial charge on any atom is -0.384 e. The number of nitrogens with zero attached hydrogens (tertiary/aromatic N) is 1. The third-order valence-electron chi connectivity index (χ3n) is 3.45.